The van der Waals surface area contributed by atoms with E-state index < -0.39 is 0 Å². The molecule has 15 heavy (non-hydrogen) atoms. The molecule has 0 saturated carbocycles. The van der Waals surface area contributed by atoms with E-state index in [2.05, 4.69) is 4.98 Å². The molecule has 1 aromatic heterocycles. The van der Waals surface area contributed by atoms with Gasteiger partial charge in [0.2, 0.25) is 0 Å². The van der Waals surface area contributed by atoms with Crippen molar-refractivity contribution in [2.45, 2.75) is 6.92 Å². The minimum Gasteiger partial charge on any atom is -0.496 e. The standard InChI is InChI=1S/C10H9Cl2NO2/c1-6(14)3-4-7-8(15-2)5-9(11)13-10(7)12/h3-5H,1-2H3. The Morgan fingerprint density at radius 2 is 2.20 bits per heavy atom. The van der Waals surface area contributed by atoms with Crippen molar-refractivity contribution in [1.29, 1.82) is 0 Å². The first-order chi connectivity index (χ1) is 7.04. The maximum atomic E-state index is 10.8. The van der Waals surface area contributed by atoms with Gasteiger partial charge in [0.05, 0.1) is 12.7 Å². The van der Waals surface area contributed by atoms with Gasteiger partial charge in [0, 0.05) is 6.07 Å². The molecule has 1 rings (SSSR count). The van der Waals surface area contributed by atoms with E-state index >= 15 is 0 Å². The molecule has 5 heteroatoms. The van der Waals surface area contributed by atoms with Crippen molar-refractivity contribution in [3.63, 3.8) is 0 Å². The molecule has 1 heterocycles. The second kappa shape index (κ2) is 5.14. The maximum absolute atomic E-state index is 10.8. The SMILES string of the molecule is COc1cc(Cl)nc(Cl)c1C=CC(C)=O. The van der Waals surface area contributed by atoms with Crippen LogP contribution in [0.4, 0.5) is 0 Å². The van der Waals surface area contributed by atoms with Gasteiger partial charge >= 0.3 is 0 Å². The second-order valence-corrected chi connectivity index (χ2v) is 3.54. The Balaban J connectivity index is 3.20. The Hall–Kier alpha value is -1.06. The van der Waals surface area contributed by atoms with E-state index in [9.17, 15) is 4.79 Å². The zero-order valence-corrected chi connectivity index (χ0v) is 9.76. The normalized spacial score (nSPS) is 10.7. The lowest BCUT2D eigenvalue weighted by Gasteiger charge is -2.06. The first kappa shape index (κ1) is 12.0. The third-order valence-electron chi connectivity index (χ3n) is 1.65. The van der Waals surface area contributed by atoms with Crippen molar-refractivity contribution in [2.24, 2.45) is 0 Å². The number of nitrogens with zero attached hydrogens (tertiary/aromatic N) is 1. The average molecular weight is 246 g/mol. The minimum atomic E-state index is -0.0805. The molecule has 0 aliphatic heterocycles. The molecule has 0 bridgehead atoms. The van der Waals surface area contributed by atoms with Gasteiger partial charge in [-0.25, -0.2) is 4.98 Å². The van der Waals surface area contributed by atoms with Gasteiger partial charge < -0.3 is 4.74 Å². The summed E-state index contributed by atoms with van der Waals surface area (Å²) in [6, 6.07) is 1.53. The Bertz CT molecular complexity index is 416. The fourth-order valence-electron chi connectivity index (χ4n) is 0.994. The quantitative estimate of drug-likeness (QED) is 0.607. The van der Waals surface area contributed by atoms with Crippen molar-refractivity contribution in [3.8, 4) is 5.75 Å². The maximum Gasteiger partial charge on any atom is 0.152 e. The van der Waals surface area contributed by atoms with Crippen LogP contribution in [-0.2, 0) is 4.79 Å². The van der Waals surface area contributed by atoms with E-state index in [4.69, 9.17) is 27.9 Å². The molecule has 1 aromatic rings. The smallest absolute Gasteiger partial charge is 0.152 e. The first-order valence-corrected chi connectivity index (χ1v) is 4.89. The average Bonchev–Trinajstić information content (AvgIpc) is 2.14. The zero-order valence-electron chi connectivity index (χ0n) is 8.25. The van der Waals surface area contributed by atoms with E-state index in [1.807, 2.05) is 0 Å². The van der Waals surface area contributed by atoms with Crippen LogP contribution in [0.3, 0.4) is 0 Å². The number of halogens is 2. The van der Waals surface area contributed by atoms with Gasteiger partial charge in [0.15, 0.2) is 5.78 Å². The number of rotatable bonds is 3. The summed E-state index contributed by atoms with van der Waals surface area (Å²) in [6.07, 6.45) is 2.94. The third kappa shape index (κ3) is 3.22. The summed E-state index contributed by atoms with van der Waals surface area (Å²) < 4.78 is 5.07. The number of carbonyl (C=O) groups excluding carboxylic acids is 1. The molecule has 0 aliphatic rings. The fourth-order valence-corrected chi connectivity index (χ4v) is 1.47. The van der Waals surface area contributed by atoms with Gasteiger partial charge in [-0.05, 0) is 19.1 Å². The van der Waals surface area contributed by atoms with Crippen LogP contribution in [0.1, 0.15) is 12.5 Å². The highest BCUT2D eigenvalue weighted by molar-refractivity contribution is 6.33. The van der Waals surface area contributed by atoms with Crippen molar-refractivity contribution >= 4 is 35.1 Å². The molecule has 3 nitrogen and oxygen atoms in total. The number of allylic oxidation sites excluding steroid dienone is 1. The Kier molecular flexibility index (Phi) is 4.12. The van der Waals surface area contributed by atoms with Crippen LogP contribution < -0.4 is 4.74 Å². The van der Waals surface area contributed by atoms with Crippen LogP contribution in [0.25, 0.3) is 6.08 Å². The van der Waals surface area contributed by atoms with Crippen LogP contribution in [0.2, 0.25) is 10.3 Å². The topological polar surface area (TPSA) is 39.2 Å². The lowest BCUT2D eigenvalue weighted by atomic mass is 10.2. The number of aromatic nitrogens is 1. The summed E-state index contributed by atoms with van der Waals surface area (Å²) in [5.74, 6) is 0.403. The monoisotopic (exact) mass is 245 g/mol. The molecule has 0 N–H and O–H groups in total. The summed E-state index contributed by atoms with van der Waals surface area (Å²) in [6.45, 7) is 1.44. The molecular weight excluding hydrogens is 237 g/mol. The highest BCUT2D eigenvalue weighted by atomic mass is 35.5. The van der Waals surface area contributed by atoms with Gasteiger partial charge in [0.25, 0.3) is 0 Å². The molecular formula is C10H9Cl2NO2. The predicted molar refractivity (Wildman–Crippen MR) is 60.5 cm³/mol. The lowest BCUT2D eigenvalue weighted by molar-refractivity contribution is -0.112. The van der Waals surface area contributed by atoms with Gasteiger partial charge in [-0.3, -0.25) is 4.79 Å². The highest BCUT2D eigenvalue weighted by Crippen LogP contribution is 2.28. The van der Waals surface area contributed by atoms with Crippen molar-refractivity contribution in [3.05, 3.63) is 28.0 Å². The predicted octanol–water partition coefficient (Wildman–Crippen LogP) is 3.00. The van der Waals surface area contributed by atoms with Crippen LogP contribution in [-0.4, -0.2) is 17.9 Å². The van der Waals surface area contributed by atoms with Gasteiger partial charge in [-0.15, -0.1) is 0 Å². The number of ether oxygens (including phenoxy) is 1. The van der Waals surface area contributed by atoms with Gasteiger partial charge in [-0.2, -0.15) is 0 Å². The van der Waals surface area contributed by atoms with E-state index in [1.165, 1.54) is 26.2 Å². The van der Waals surface area contributed by atoms with Gasteiger partial charge in [-0.1, -0.05) is 23.2 Å². The summed E-state index contributed by atoms with van der Waals surface area (Å²) in [4.78, 5) is 14.6. The number of hydrogen-bond acceptors (Lipinski definition) is 3. The largest absolute Gasteiger partial charge is 0.496 e. The number of pyridine rings is 1. The fraction of sp³-hybridized carbons (Fsp3) is 0.200. The zero-order chi connectivity index (χ0) is 11.4. The van der Waals surface area contributed by atoms with E-state index in [-0.39, 0.29) is 16.1 Å². The first-order valence-electron chi connectivity index (χ1n) is 4.13. The Labute approximate surface area is 97.7 Å². The Morgan fingerprint density at radius 3 is 2.73 bits per heavy atom. The molecule has 0 fully saturated rings. The number of hydrogen-bond donors (Lipinski definition) is 0. The summed E-state index contributed by atoms with van der Waals surface area (Å²) in [7, 11) is 1.49. The highest BCUT2D eigenvalue weighted by Gasteiger charge is 2.08. The van der Waals surface area contributed by atoms with Crippen molar-refractivity contribution in [2.75, 3.05) is 7.11 Å². The van der Waals surface area contributed by atoms with Crippen LogP contribution >= 0.6 is 23.2 Å². The lowest BCUT2D eigenvalue weighted by Crippen LogP contribution is -1.92. The molecule has 0 atom stereocenters. The molecule has 0 saturated heterocycles. The number of methoxy groups -OCH3 is 1. The van der Waals surface area contributed by atoms with E-state index in [0.29, 0.717) is 11.3 Å². The Morgan fingerprint density at radius 1 is 1.53 bits per heavy atom. The minimum absolute atomic E-state index is 0.0805. The summed E-state index contributed by atoms with van der Waals surface area (Å²) in [5, 5.41) is 0.452. The summed E-state index contributed by atoms with van der Waals surface area (Å²) >= 11 is 11.6. The molecule has 80 valence electrons. The number of carbonyl (C=O) groups is 1. The van der Waals surface area contributed by atoms with Crippen LogP contribution in [0.5, 0.6) is 5.75 Å². The molecule has 0 aromatic carbocycles. The summed E-state index contributed by atoms with van der Waals surface area (Å²) in [5.41, 5.74) is 0.541. The number of ketones is 1. The van der Waals surface area contributed by atoms with Crippen molar-refractivity contribution < 1.29 is 9.53 Å². The molecule has 0 radical (unpaired) electrons. The molecule has 0 unspecified atom stereocenters. The van der Waals surface area contributed by atoms with E-state index in [1.54, 1.807) is 6.08 Å². The van der Waals surface area contributed by atoms with Crippen LogP contribution in [0.15, 0.2) is 12.1 Å². The third-order valence-corrected chi connectivity index (χ3v) is 2.13. The van der Waals surface area contributed by atoms with Gasteiger partial charge in [0.1, 0.15) is 16.1 Å². The van der Waals surface area contributed by atoms with Crippen LogP contribution in [0, 0.1) is 0 Å². The van der Waals surface area contributed by atoms with Crippen molar-refractivity contribution in [1.82, 2.24) is 4.98 Å². The molecule has 0 aliphatic carbocycles. The second-order valence-electron chi connectivity index (χ2n) is 2.80. The molecule has 0 amide bonds. The molecule has 0 spiro atoms. The van der Waals surface area contributed by atoms with E-state index in [0.717, 1.165) is 0 Å².